The van der Waals surface area contributed by atoms with Gasteiger partial charge in [-0.1, -0.05) is 6.07 Å². The molecule has 1 aliphatic rings. The molecule has 1 aromatic carbocycles. The molecule has 204 valence electrons. The van der Waals surface area contributed by atoms with E-state index in [2.05, 4.69) is 30.8 Å². The second-order valence-corrected chi connectivity index (χ2v) is 8.97. The number of benzene rings is 1. The van der Waals surface area contributed by atoms with Crippen molar-refractivity contribution in [3.05, 3.63) is 81.7 Å². The van der Waals surface area contributed by atoms with E-state index in [0.717, 1.165) is 11.1 Å². The van der Waals surface area contributed by atoms with Crippen molar-refractivity contribution in [3.8, 4) is 17.3 Å². The number of anilines is 1. The number of nitrogens with one attached hydrogen (secondary N) is 1. The maximum absolute atomic E-state index is 13.0. The molecule has 0 saturated heterocycles. The minimum atomic E-state index is -0.610. The molecule has 1 aliphatic heterocycles. The van der Waals surface area contributed by atoms with Crippen LogP contribution in [0.2, 0.25) is 0 Å². The van der Waals surface area contributed by atoms with Gasteiger partial charge in [-0.25, -0.2) is 14.5 Å². The lowest BCUT2D eigenvalue weighted by atomic mass is 10.0. The number of aliphatic hydroxyl groups excluding tert-OH is 1. The van der Waals surface area contributed by atoms with Crippen LogP contribution < -0.4 is 10.1 Å². The second-order valence-electron chi connectivity index (χ2n) is 8.97. The van der Waals surface area contributed by atoms with Gasteiger partial charge in [0.05, 0.1) is 17.6 Å². The summed E-state index contributed by atoms with van der Waals surface area (Å²) in [4.78, 5) is 46.2. The highest BCUT2D eigenvalue weighted by Crippen LogP contribution is 2.23. The fraction of sp³-hybridized carbons (Fsp3) is 0.240. The van der Waals surface area contributed by atoms with Crippen molar-refractivity contribution in [2.75, 3.05) is 18.5 Å². The predicted octanol–water partition coefficient (Wildman–Crippen LogP) is 2.40. The summed E-state index contributed by atoms with van der Waals surface area (Å²) in [5, 5.41) is 34.5. The normalized spacial score (nSPS) is 13.3. The van der Waals surface area contributed by atoms with Gasteiger partial charge in [-0.3, -0.25) is 19.9 Å². The molecule has 4 aromatic rings. The average Bonchev–Trinajstić information content (AvgIpc) is 3.47. The van der Waals surface area contributed by atoms with E-state index in [9.17, 15) is 24.8 Å². The number of rotatable bonds is 7. The van der Waals surface area contributed by atoms with Crippen LogP contribution in [0.25, 0.3) is 11.5 Å². The molecule has 4 heterocycles. The van der Waals surface area contributed by atoms with Gasteiger partial charge in [0.15, 0.2) is 0 Å². The third-order valence-electron chi connectivity index (χ3n) is 6.23. The summed E-state index contributed by atoms with van der Waals surface area (Å²) in [6.45, 7) is 2.18. The van der Waals surface area contributed by atoms with Crippen LogP contribution >= 0.6 is 0 Å². The van der Waals surface area contributed by atoms with Gasteiger partial charge in [0.2, 0.25) is 5.82 Å². The Balaban J connectivity index is 1.27. The van der Waals surface area contributed by atoms with Gasteiger partial charge < -0.3 is 20.1 Å². The third-order valence-corrected chi connectivity index (χ3v) is 6.23. The number of hydrogen-bond donors (Lipinski definition) is 2. The van der Waals surface area contributed by atoms with Crippen LogP contribution in [0.15, 0.2) is 54.7 Å². The summed E-state index contributed by atoms with van der Waals surface area (Å²) in [5.41, 5.74) is 2.08. The summed E-state index contributed by atoms with van der Waals surface area (Å²) in [5.74, 6) is 0.277. The number of non-ortho nitro benzene ring substituents is 1. The summed E-state index contributed by atoms with van der Waals surface area (Å²) in [6.07, 6.45) is 1.52. The molecule has 3 aromatic heterocycles. The molecule has 0 spiro atoms. The van der Waals surface area contributed by atoms with E-state index >= 15 is 0 Å². The van der Waals surface area contributed by atoms with Crippen LogP contribution in [-0.4, -0.2) is 70.3 Å². The Kier molecular flexibility index (Phi) is 7.37. The maximum Gasteiger partial charge on any atom is 0.415 e. The Hall–Kier alpha value is -5.31. The van der Waals surface area contributed by atoms with Crippen molar-refractivity contribution in [1.82, 2.24) is 35.1 Å². The van der Waals surface area contributed by atoms with Crippen molar-refractivity contribution in [2.45, 2.75) is 25.9 Å². The minimum absolute atomic E-state index is 0.108. The first-order valence-corrected chi connectivity index (χ1v) is 12.2. The van der Waals surface area contributed by atoms with Crippen molar-refractivity contribution < 1.29 is 24.4 Å². The molecule has 15 heteroatoms. The van der Waals surface area contributed by atoms with Crippen molar-refractivity contribution in [1.29, 1.82) is 0 Å². The molecule has 0 radical (unpaired) electrons. The highest BCUT2D eigenvalue weighted by molar-refractivity contribution is 6.02. The van der Waals surface area contributed by atoms with Crippen LogP contribution in [0.3, 0.4) is 0 Å². The number of amides is 2. The van der Waals surface area contributed by atoms with E-state index in [1.165, 1.54) is 33.8 Å². The molecule has 2 amide bonds. The van der Waals surface area contributed by atoms with Gasteiger partial charge in [0.1, 0.15) is 23.0 Å². The Morgan fingerprint density at radius 2 is 2.00 bits per heavy atom. The van der Waals surface area contributed by atoms with Crippen LogP contribution in [0.1, 0.15) is 34.6 Å². The standard InChI is InChI=1S/C25H23N9O6/c1-15(14-35)33-23(29-30-31-33)20-3-2-4-22(27-20)28-24(36)21-11-17-13-32(10-9-16(17)12-26-21)25(37)40-19-7-5-18(6-8-19)34(38)39/h2-8,11-12,15,35H,9-10,13-14H2,1H3,(H,27,28,36)/t15-/m1/s1. The number of aliphatic hydroxyl groups is 1. The summed E-state index contributed by atoms with van der Waals surface area (Å²) < 4.78 is 6.81. The van der Waals surface area contributed by atoms with Gasteiger partial charge in [-0.05, 0) is 65.2 Å². The lowest BCUT2D eigenvalue weighted by Crippen LogP contribution is -2.38. The van der Waals surface area contributed by atoms with Gasteiger partial charge in [-0.2, -0.15) is 0 Å². The summed E-state index contributed by atoms with van der Waals surface area (Å²) in [6, 6.07) is 11.5. The Morgan fingerprint density at radius 3 is 2.75 bits per heavy atom. The predicted molar refractivity (Wildman–Crippen MR) is 138 cm³/mol. The molecule has 0 fully saturated rings. The number of tetrazole rings is 1. The highest BCUT2D eigenvalue weighted by atomic mass is 16.6. The number of hydrogen-bond acceptors (Lipinski definition) is 11. The maximum atomic E-state index is 13.0. The largest absolute Gasteiger partial charge is 0.415 e. The number of carbonyl (C=O) groups excluding carboxylic acids is 2. The number of aromatic nitrogens is 6. The number of nitrogens with zero attached hydrogens (tertiary/aromatic N) is 8. The number of ether oxygens (including phenoxy) is 1. The van der Waals surface area contributed by atoms with E-state index in [1.807, 2.05) is 0 Å². The van der Waals surface area contributed by atoms with E-state index in [4.69, 9.17) is 4.74 Å². The lowest BCUT2D eigenvalue weighted by Gasteiger charge is -2.28. The highest BCUT2D eigenvalue weighted by Gasteiger charge is 2.24. The van der Waals surface area contributed by atoms with Crippen LogP contribution in [0.5, 0.6) is 5.75 Å². The van der Waals surface area contributed by atoms with Crippen molar-refractivity contribution in [3.63, 3.8) is 0 Å². The minimum Gasteiger partial charge on any atom is -0.410 e. The quantitative estimate of drug-likeness (QED) is 0.256. The SMILES string of the molecule is C[C@H](CO)n1nnnc1-c1cccc(NC(=O)c2cc3c(cn2)CCN(C(=O)Oc2ccc([N+](=O)[O-])cc2)C3)n1. The third kappa shape index (κ3) is 5.58. The topological polar surface area (TPSA) is 191 Å². The van der Waals surface area contributed by atoms with Gasteiger partial charge in [-0.15, -0.1) is 5.10 Å². The van der Waals surface area contributed by atoms with Crippen LogP contribution in [0, 0.1) is 10.1 Å². The summed E-state index contributed by atoms with van der Waals surface area (Å²) in [7, 11) is 0. The first-order valence-electron chi connectivity index (χ1n) is 12.2. The molecule has 15 nitrogen and oxygen atoms in total. The molecule has 1 atom stereocenters. The number of nitro benzene ring substituents is 1. The Bertz CT molecular complexity index is 1570. The molecular weight excluding hydrogens is 522 g/mol. The molecule has 0 unspecified atom stereocenters. The molecule has 0 saturated carbocycles. The summed E-state index contributed by atoms with van der Waals surface area (Å²) >= 11 is 0. The van der Waals surface area contributed by atoms with Crippen LogP contribution in [0.4, 0.5) is 16.3 Å². The molecule has 40 heavy (non-hydrogen) atoms. The molecule has 0 bridgehead atoms. The molecule has 2 N–H and O–H groups in total. The monoisotopic (exact) mass is 545 g/mol. The average molecular weight is 546 g/mol. The van der Waals surface area contributed by atoms with Crippen LogP contribution in [-0.2, 0) is 13.0 Å². The fourth-order valence-electron chi connectivity index (χ4n) is 4.06. The second kappa shape index (κ2) is 11.2. The molecular formula is C25H23N9O6. The van der Waals surface area contributed by atoms with Gasteiger partial charge >= 0.3 is 6.09 Å². The molecule has 5 rings (SSSR count). The van der Waals surface area contributed by atoms with E-state index < -0.39 is 16.9 Å². The Morgan fingerprint density at radius 1 is 1.20 bits per heavy atom. The van der Waals surface area contributed by atoms with Crippen molar-refractivity contribution in [2.24, 2.45) is 0 Å². The first-order chi connectivity index (χ1) is 19.3. The van der Waals surface area contributed by atoms with E-state index in [1.54, 1.807) is 37.4 Å². The Labute approximate surface area is 226 Å². The van der Waals surface area contributed by atoms with Crippen molar-refractivity contribution >= 4 is 23.5 Å². The number of nitro groups is 1. The first kappa shape index (κ1) is 26.3. The fourth-order valence-corrected chi connectivity index (χ4v) is 4.06. The van der Waals surface area contributed by atoms with E-state index in [-0.39, 0.29) is 42.1 Å². The lowest BCUT2D eigenvalue weighted by molar-refractivity contribution is -0.384. The zero-order valence-corrected chi connectivity index (χ0v) is 21.2. The van der Waals surface area contributed by atoms with E-state index in [0.29, 0.717) is 24.5 Å². The van der Waals surface area contributed by atoms with Gasteiger partial charge in [0.25, 0.3) is 11.6 Å². The number of carbonyl (C=O) groups is 2. The zero-order valence-electron chi connectivity index (χ0n) is 21.2. The number of fused-ring (bicyclic) bond motifs is 1. The number of pyridine rings is 2. The van der Waals surface area contributed by atoms with Gasteiger partial charge in [0, 0.05) is 31.4 Å². The molecule has 0 aliphatic carbocycles. The smallest absolute Gasteiger partial charge is 0.410 e. The zero-order chi connectivity index (χ0) is 28.2.